The Bertz CT molecular complexity index is 1150. The number of hydrogen-bond donors (Lipinski definition) is 0. The Hall–Kier alpha value is -1.88. The molecule has 0 aromatic heterocycles. The average Bonchev–Trinajstić information content (AvgIpc) is 2.60. The maximum absolute atomic E-state index is 14.2. The number of aryl methyl sites for hydroxylation is 2. The number of hydrogen-bond acceptors (Lipinski definition) is 4. The quantitative estimate of drug-likeness (QED) is 0.727. The van der Waals surface area contributed by atoms with Crippen LogP contribution in [0.15, 0.2) is 46.2 Å². The fraction of sp³-hybridized carbons (Fsp3) is 0.368. The summed E-state index contributed by atoms with van der Waals surface area (Å²) >= 11 is 0. The predicted molar refractivity (Wildman–Crippen MR) is 104 cm³/mol. The highest BCUT2D eigenvalue weighted by molar-refractivity contribution is 7.89. The highest BCUT2D eigenvalue weighted by Gasteiger charge is 2.39. The van der Waals surface area contributed by atoms with E-state index in [2.05, 4.69) is 0 Å². The van der Waals surface area contributed by atoms with Gasteiger partial charge in [0.05, 0.1) is 0 Å². The molecule has 0 spiro atoms. The molecular weight excluding hydrogens is 422 g/mol. The van der Waals surface area contributed by atoms with Gasteiger partial charge < -0.3 is 0 Å². The van der Waals surface area contributed by atoms with Crippen molar-refractivity contribution in [3.63, 3.8) is 0 Å². The van der Waals surface area contributed by atoms with Gasteiger partial charge >= 0.3 is 0 Å². The summed E-state index contributed by atoms with van der Waals surface area (Å²) < 4.78 is 82.1. The predicted octanol–water partition coefficient (Wildman–Crippen LogP) is 2.67. The maximum atomic E-state index is 14.2. The smallest absolute Gasteiger partial charge is 0.207 e. The van der Waals surface area contributed by atoms with Crippen LogP contribution < -0.4 is 0 Å². The van der Waals surface area contributed by atoms with E-state index in [9.17, 15) is 25.6 Å². The highest BCUT2D eigenvalue weighted by Crippen LogP contribution is 2.27. The first kappa shape index (κ1) is 21.8. The summed E-state index contributed by atoms with van der Waals surface area (Å²) in [5, 5.41) is 0. The fourth-order valence-electron chi connectivity index (χ4n) is 3.38. The van der Waals surface area contributed by atoms with Gasteiger partial charge in [0.2, 0.25) is 20.0 Å². The summed E-state index contributed by atoms with van der Waals surface area (Å²) in [7, 11) is -8.27. The van der Waals surface area contributed by atoms with Crippen LogP contribution in [0.4, 0.5) is 8.78 Å². The van der Waals surface area contributed by atoms with Gasteiger partial charge in [-0.3, -0.25) is 0 Å². The molecule has 29 heavy (non-hydrogen) atoms. The Balaban J connectivity index is 1.87. The van der Waals surface area contributed by atoms with E-state index in [0.29, 0.717) is 11.1 Å². The zero-order valence-corrected chi connectivity index (χ0v) is 17.9. The van der Waals surface area contributed by atoms with Crippen molar-refractivity contribution in [3.8, 4) is 0 Å². The molecule has 1 aliphatic rings. The molecule has 1 aliphatic heterocycles. The molecule has 10 heteroatoms. The second-order valence-corrected chi connectivity index (χ2v) is 11.0. The van der Waals surface area contributed by atoms with E-state index in [0.717, 1.165) is 20.7 Å². The SMILES string of the molecule is Cc1ccc(S(=O)(=O)N2CCN(S(=O)(=O)c3ccc(C)cc3F)C(C)C2)c(F)c1. The number of sulfonamides is 2. The second kappa shape index (κ2) is 7.75. The average molecular weight is 445 g/mol. The van der Waals surface area contributed by atoms with Gasteiger partial charge in [0, 0.05) is 25.7 Å². The molecule has 0 N–H and O–H groups in total. The van der Waals surface area contributed by atoms with E-state index in [4.69, 9.17) is 0 Å². The van der Waals surface area contributed by atoms with E-state index >= 15 is 0 Å². The third-order valence-electron chi connectivity index (χ3n) is 4.91. The second-order valence-electron chi connectivity index (χ2n) is 7.20. The van der Waals surface area contributed by atoms with Gasteiger partial charge in [0.1, 0.15) is 21.4 Å². The lowest BCUT2D eigenvalue weighted by Crippen LogP contribution is -2.55. The lowest BCUT2D eigenvalue weighted by Gasteiger charge is -2.38. The summed E-state index contributed by atoms with van der Waals surface area (Å²) in [5.41, 5.74) is 1.18. The van der Waals surface area contributed by atoms with E-state index in [1.165, 1.54) is 31.2 Å². The normalized spacial score (nSPS) is 19.4. The number of rotatable bonds is 4. The van der Waals surface area contributed by atoms with Gasteiger partial charge in [-0.1, -0.05) is 12.1 Å². The first-order valence-electron chi connectivity index (χ1n) is 8.99. The molecule has 158 valence electrons. The summed E-state index contributed by atoms with van der Waals surface area (Å²) in [6, 6.07) is 6.93. The minimum absolute atomic E-state index is 0.160. The van der Waals surface area contributed by atoms with Crippen molar-refractivity contribution in [3.05, 3.63) is 59.2 Å². The number of halogens is 2. The Morgan fingerprint density at radius 2 is 1.31 bits per heavy atom. The van der Waals surface area contributed by atoms with Crippen LogP contribution in [0.2, 0.25) is 0 Å². The third-order valence-corrected chi connectivity index (χ3v) is 8.85. The molecular formula is C19H22F2N2O4S2. The van der Waals surface area contributed by atoms with E-state index in [1.807, 2.05) is 0 Å². The van der Waals surface area contributed by atoms with Crippen LogP contribution in [-0.4, -0.2) is 51.1 Å². The van der Waals surface area contributed by atoms with Crippen molar-refractivity contribution in [2.75, 3.05) is 19.6 Å². The monoisotopic (exact) mass is 444 g/mol. The third kappa shape index (κ3) is 4.07. The molecule has 2 aromatic carbocycles. The van der Waals surface area contributed by atoms with E-state index < -0.39 is 47.5 Å². The van der Waals surface area contributed by atoms with Crippen LogP contribution in [-0.2, 0) is 20.0 Å². The Morgan fingerprint density at radius 1 is 0.828 bits per heavy atom. The Kier molecular flexibility index (Phi) is 5.83. The zero-order chi connectivity index (χ0) is 21.6. The summed E-state index contributed by atoms with van der Waals surface area (Å²) in [6.07, 6.45) is 0. The lowest BCUT2D eigenvalue weighted by atomic mass is 10.2. The van der Waals surface area contributed by atoms with Crippen molar-refractivity contribution in [2.45, 2.75) is 36.6 Å². The van der Waals surface area contributed by atoms with Gasteiger partial charge in [-0.15, -0.1) is 0 Å². The molecule has 1 unspecified atom stereocenters. The molecule has 1 fully saturated rings. The first-order chi connectivity index (χ1) is 13.4. The molecule has 0 bridgehead atoms. The fourth-order valence-corrected chi connectivity index (χ4v) is 6.60. The molecule has 0 radical (unpaired) electrons. The summed E-state index contributed by atoms with van der Waals surface area (Å²) in [5.74, 6) is -1.71. The van der Waals surface area contributed by atoms with Gasteiger partial charge in [-0.05, 0) is 56.2 Å². The molecule has 1 heterocycles. The van der Waals surface area contributed by atoms with Gasteiger partial charge in [-0.2, -0.15) is 8.61 Å². The van der Waals surface area contributed by atoms with Crippen molar-refractivity contribution in [2.24, 2.45) is 0 Å². The minimum Gasteiger partial charge on any atom is -0.207 e. The molecule has 1 saturated heterocycles. The minimum atomic E-state index is -4.14. The van der Waals surface area contributed by atoms with Crippen LogP contribution in [0.1, 0.15) is 18.1 Å². The topological polar surface area (TPSA) is 74.8 Å². The molecule has 0 amide bonds. The Morgan fingerprint density at radius 3 is 1.76 bits per heavy atom. The van der Waals surface area contributed by atoms with Crippen molar-refractivity contribution in [1.29, 1.82) is 0 Å². The van der Waals surface area contributed by atoms with Crippen LogP contribution >= 0.6 is 0 Å². The maximum Gasteiger partial charge on any atom is 0.246 e. The summed E-state index contributed by atoms with van der Waals surface area (Å²) in [6.45, 7) is 4.35. The number of nitrogens with zero attached hydrogens (tertiary/aromatic N) is 2. The molecule has 0 saturated carbocycles. The van der Waals surface area contributed by atoms with E-state index in [-0.39, 0.29) is 19.6 Å². The van der Waals surface area contributed by atoms with Gasteiger partial charge in [-0.25, -0.2) is 25.6 Å². The molecule has 0 aliphatic carbocycles. The molecule has 2 aromatic rings. The van der Waals surface area contributed by atoms with Crippen LogP contribution in [0.25, 0.3) is 0 Å². The van der Waals surface area contributed by atoms with E-state index in [1.54, 1.807) is 13.8 Å². The molecule has 6 nitrogen and oxygen atoms in total. The zero-order valence-electron chi connectivity index (χ0n) is 16.3. The van der Waals surface area contributed by atoms with Crippen molar-refractivity contribution in [1.82, 2.24) is 8.61 Å². The van der Waals surface area contributed by atoms with Crippen molar-refractivity contribution < 1.29 is 25.6 Å². The number of benzene rings is 2. The summed E-state index contributed by atoms with van der Waals surface area (Å²) in [4.78, 5) is -0.896. The van der Waals surface area contributed by atoms with Crippen LogP contribution in [0.3, 0.4) is 0 Å². The molecule has 1 atom stereocenters. The Labute approximate surface area is 169 Å². The van der Waals surface area contributed by atoms with Gasteiger partial charge in [0.25, 0.3) is 0 Å². The number of piperazine rings is 1. The lowest BCUT2D eigenvalue weighted by molar-refractivity contribution is 0.212. The molecule has 3 rings (SSSR count). The van der Waals surface area contributed by atoms with Crippen LogP contribution in [0, 0.1) is 25.5 Å². The largest absolute Gasteiger partial charge is 0.246 e. The van der Waals surface area contributed by atoms with Crippen LogP contribution in [0.5, 0.6) is 0 Å². The first-order valence-corrected chi connectivity index (χ1v) is 11.9. The van der Waals surface area contributed by atoms with Crippen molar-refractivity contribution >= 4 is 20.0 Å². The highest BCUT2D eigenvalue weighted by atomic mass is 32.2. The standard InChI is InChI=1S/C19H22F2N2O4S2/c1-13-4-6-18(16(20)10-13)28(24,25)22-8-9-23(15(3)12-22)29(26,27)19-7-5-14(2)11-17(19)21/h4-7,10-11,15H,8-9,12H2,1-3H3. The van der Waals surface area contributed by atoms with Gasteiger partial charge in [0.15, 0.2) is 0 Å².